The Bertz CT molecular complexity index is 1020. The average molecular weight is 389 g/mol. The van der Waals surface area contributed by atoms with Gasteiger partial charge in [-0.15, -0.1) is 0 Å². The standard InChI is InChI=1S/C23H23N3O3/c1-28-20-9-8-19(13-21(20)29-2)25-22-10-7-17(14-24-22)23(27)26-12-11-16-5-3-4-6-18(16)15-26/h3-10,13-14H,11-12,15H2,1-2H3,(H,24,25). The fourth-order valence-electron chi connectivity index (χ4n) is 3.51. The molecule has 1 aromatic heterocycles. The molecule has 1 amide bonds. The smallest absolute Gasteiger partial charge is 0.255 e. The molecule has 0 unspecified atom stereocenters. The second-order valence-electron chi connectivity index (χ2n) is 6.87. The minimum absolute atomic E-state index is 0.00432. The van der Waals surface area contributed by atoms with Crippen LogP contribution in [0.5, 0.6) is 11.5 Å². The van der Waals surface area contributed by atoms with Crippen molar-refractivity contribution in [2.75, 3.05) is 26.1 Å². The van der Waals surface area contributed by atoms with E-state index < -0.39 is 0 Å². The molecule has 0 radical (unpaired) electrons. The third-order valence-electron chi connectivity index (χ3n) is 5.08. The van der Waals surface area contributed by atoms with Gasteiger partial charge in [-0.2, -0.15) is 0 Å². The number of benzene rings is 2. The molecule has 4 rings (SSSR count). The number of fused-ring (bicyclic) bond motifs is 1. The molecule has 3 aromatic rings. The molecular weight excluding hydrogens is 366 g/mol. The molecule has 2 heterocycles. The first-order valence-corrected chi connectivity index (χ1v) is 9.49. The maximum Gasteiger partial charge on any atom is 0.255 e. The summed E-state index contributed by atoms with van der Waals surface area (Å²) in [6.07, 6.45) is 2.50. The number of nitrogens with zero attached hydrogens (tertiary/aromatic N) is 2. The zero-order chi connectivity index (χ0) is 20.2. The lowest BCUT2D eigenvalue weighted by Gasteiger charge is -2.28. The van der Waals surface area contributed by atoms with Gasteiger partial charge in [0.15, 0.2) is 11.5 Å². The van der Waals surface area contributed by atoms with E-state index in [0.717, 1.165) is 18.7 Å². The summed E-state index contributed by atoms with van der Waals surface area (Å²) in [5.41, 5.74) is 3.94. The van der Waals surface area contributed by atoms with E-state index in [-0.39, 0.29) is 5.91 Å². The minimum Gasteiger partial charge on any atom is -0.493 e. The number of amides is 1. The number of nitrogens with one attached hydrogen (secondary N) is 1. The monoisotopic (exact) mass is 389 g/mol. The number of rotatable bonds is 5. The molecule has 0 fully saturated rings. The Morgan fingerprint density at radius 3 is 2.52 bits per heavy atom. The van der Waals surface area contributed by atoms with E-state index in [1.807, 2.05) is 41.3 Å². The van der Waals surface area contributed by atoms with E-state index in [4.69, 9.17) is 9.47 Å². The van der Waals surface area contributed by atoms with Gasteiger partial charge in [-0.1, -0.05) is 24.3 Å². The molecule has 29 heavy (non-hydrogen) atoms. The van der Waals surface area contributed by atoms with Crippen molar-refractivity contribution in [3.63, 3.8) is 0 Å². The number of pyridine rings is 1. The van der Waals surface area contributed by atoms with Gasteiger partial charge >= 0.3 is 0 Å². The van der Waals surface area contributed by atoms with Crippen molar-refractivity contribution < 1.29 is 14.3 Å². The van der Waals surface area contributed by atoms with Crippen molar-refractivity contribution in [3.05, 3.63) is 77.5 Å². The van der Waals surface area contributed by atoms with Crippen LogP contribution in [0.25, 0.3) is 0 Å². The minimum atomic E-state index is 0.00432. The molecule has 1 aliphatic rings. The highest BCUT2D eigenvalue weighted by atomic mass is 16.5. The van der Waals surface area contributed by atoms with Gasteiger partial charge in [0.25, 0.3) is 5.91 Å². The van der Waals surface area contributed by atoms with Crippen LogP contribution in [0.2, 0.25) is 0 Å². The molecule has 1 aliphatic heterocycles. The molecular formula is C23H23N3O3. The number of hydrogen-bond donors (Lipinski definition) is 1. The van der Waals surface area contributed by atoms with Crippen molar-refractivity contribution in [1.82, 2.24) is 9.88 Å². The number of methoxy groups -OCH3 is 2. The molecule has 1 N–H and O–H groups in total. The van der Waals surface area contributed by atoms with Gasteiger partial charge in [0, 0.05) is 31.0 Å². The van der Waals surface area contributed by atoms with E-state index in [2.05, 4.69) is 22.4 Å². The molecule has 6 heteroatoms. The number of anilines is 2. The van der Waals surface area contributed by atoms with Crippen LogP contribution in [0.4, 0.5) is 11.5 Å². The van der Waals surface area contributed by atoms with Crippen LogP contribution in [-0.2, 0) is 13.0 Å². The van der Waals surface area contributed by atoms with Crippen LogP contribution in [0.3, 0.4) is 0 Å². The molecule has 0 atom stereocenters. The maximum absolute atomic E-state index is 12.9. The molecule has 2 aromatic carbocycles. The fourth-order valence-corrected chi connectivity index (χ4v) is 3.51. The number of ether oxygens (including phenoxy) is 2. The number of hydrogen-bond acceptors (Lipinski definition) is 5. The van der Waals surface area contributed by atoms with E-state index in [0.29, 0.717) is 29.4 Å². The maximum atomic E-state index is 12.9. The Labute approximate surface area is 170 Å². The fraction of sp³-hybridized carbons (Fsp3) is 0.217. The highest BCUT2D eigenvalue weighted by Gasteiger charge is 2.21. The van der Waals surface area contributed by atoms with E-state index in [1.54, 1.807) is 26.5 Å². The first-order valence-electron chi connectivity index (χ1n) is 9.49. The van der Waals surface area contributed by atoms with Gasteiger partial charge < -0.3 is 19.7 Å². The first-order chi connectivity index (χ1) is 14.2. The Balaban J connectivity index is 1.45. The van der Waals surface area contributed by atoms with Crippen molar-refractivity contribution in [3.8, 4) is 11.5 Å². The quantitative estimate of drug-likeness (QED) is 0.713. The first kappa shape index (κ1) is 18.8. The van der Waals surface area contributed by atoms with E-state index in [1.165, 1.54) is 11.1 Å². The Kier molecular flexibility index (Phi) is 5.33. The second-order valence-corrected chi connectivity index (χ2v) is 6.87. The Hall–Kier alpha value is -3.54. The number of carbonyl (C=O) groups excluding carboxylic acids is 1. The second kappa shape index (κ2) is 8.22. The van der Waals surface area contributed by atoms with Gasteiger partial charge in [-0.3, -0.25) is 4.79 Å². The predicted octanol–water partition coefficient (Wildman–Crippen LogP) is 4.04. The summed E-state index contributed by atoms with van der Waals surface area (Å²) in [7, 11) is 3.20. The number of carbonyl (C=O) groups is 1. The van der Waals surface area contributed by atoms with E-state index in [9.17, 15) is 4.79 Å². The highest BCUT2D eigenvalue weighted by molar-refractivity contribution is 5.94. The summed E-state index contributed by atoms with van der Waals surface area (Å²) < 4.78 is 10.6. The summed E-state index contributed by atoms with van der Waals surface area (Å²) in [6.45, 7) is 1.36. The van der Waals surface area contributed by atoms with Gasteiger partial charge in [0.2, 0.25) is 0 Å². The third-order valence-corrected chi connectivity index (χ3v) is 5.08. The molecule has 0 saturated heterocycles. The lowest BCUT2D eigenvalue weighted by atomic mass is 9.99. The van der Waals surface area contributed by atoms with Gasteiger partial charge in [0.05, 0.1) is 19.8 Å². The van der Waals surface area contributed by atoms with Crippen molar-refractivity contribution >= 4 is 17.4 Å². The highest BCUT2D eigenvalue weighted by Crippen LogP contribution is 2.30. The van der Waals surface area contributed by atoms with Crippen LogP contribution in [0.15, 0.2) is 60.8 Å². The summed E-state index contributed by atoms with van der Waals surface area (Å²) in [6, 6.07) is 17.4. The Morgan fingerprint density at radius 1 is 1.00 bits per heavy atom. The molecule has 0 bridgehead atoms. The summed E-state index contributed by atoms with van der Waals surface area (Å²) in [5, 5.41) is 3.22. The zero-order valence-corrected chi connectivity index (χ0v) is 16.5. The molecule has 0 aliphatic carbocycles. The van der Waals surface area contributed by atoms with Crippen molar-refractivity contribution in [1.29, 1.82) is 0 Å². The largest absolute Gasteiger partial charge is 0.493 e. The third kappa shape index (κ3) is 4.01. The lowest BCUT2D eigenvalue weighted by Crippen LogP contribution is -2.35. The normalized spacial score (nSPS) is 12.8. The number of aromatic nitrogens is 1. The van der Waals surface area contributed by atoms with Crippen LogP contribution < -0.4 is 14.8 Å². The van der Waals surface area contributed by atoms with Crippen LogP contribution >= 0.6 is 0 Å². The van der Waals surface area contributed by atoms with Gasteiger partial charge in [0.1, 0.15) is 5.82 Å². The predicted molar refractivity (Wildman–Crippen MR) is 112 cm³/mol. The lowest BCUT2D eigenvalue weighted by molar-refractivity contribution is 0.0734. The van der Waals surface area contributed by atoms with Crippen molar-refractivity contribution in [2.24, 2.45) is 0 Å². The van der Waals surface area contributed by atoms with E-state index >= 15 is 0 Å². The van der Waals surface area contributed by atoms with Gasteiger partial charge in [-0.25, -0.2) is 4.98 Å². The molecule has 6 nitrogen and oxygen atoms in total. The van der Waals surface area contributed by atoms with Crippen LogP contribution in [0.1, 0.15) is 21.5 Å². The van der Waals surface area contributed by atoms with Crippen LogP contribution in [-0.4, -0.2) is 36.6 Å². The SMILES string of the molecule is COc1ccc(Nc2ccc(C(=O)N3CCc4ccccc4C3)cn2)cc1OC. The zero-order valence-electron chi connectivity index (χ0n) is 16.5. The molecule has 0 saturated carbocycles. The summed E-state index contributed by atoms with van der Waals surface area (Å²) in [5.74, 6) is 1.95. The van der Waals surface area contributed by atoms with Crippen LogP contribution in [0, 0.1) is 0 Å². The Morgan fingerprint density at radius 2 is 1.79 bits per heavy atom. The summed E-state index contributed by atoms with van der Waals surface area (Å²) >= 11 is 0. The average Bonchev–Trinajstić information content (AvgIpc) is 2.78. The summed E-state index contributed by atoms with van der Waals surface area (Å²) in [4.78, 5) is 19.1. The molecule has 0 spiro atoms. The topological polar surface area (TPSA) is 63.7 Å². The molecule has 148 valence electrons. The van der Waals surface area contributed by atoms with Crippen molar-refractivity contribution in [2.45, 2.75) is 13.0 Å². The van der Waals surface area contributed by atoms with Gasteiger partial charge in [-0.05, 0) is 41.8 Å².